The molecule has 1 aliphatic carbocycles. The lowest BCUT2D eigenvalue weighted by Crippen LogP contribution is -2.34. The van der Waals surface area contributed by atoms with Gasteiger partial charge in [0.1, 0.15) is 0 Å². The van der Waals surface area contributed by atoms with E-state index in [1.165, 1.54) is 28.7 Å². The number of nitrogens with zero attached hydrogens (tertiary/aromatic N) is 2. The zero-order valence-electron chi connectivity index (χ0n) is 31.8. The number of rotatable bonds is 6. The van der Waals surface area contributed by atoms with E-state index in [4.69, 9.17) is 23.2 Å². The first-order valence-electron chi connectivity index (χ1n) is 18.0. The van der Waals surface area contributed by atoms with Crippen LogP contribution in [-0.4, -0.2) is 0 Å². The first-order chi connectivity index (χ1) is 23.8. The highest BCUT2D eigenvalue weighted by atomic mass is 79.9. The van der Waals surface area contributed by atoms with Crippen LogP contribution in [-0.2, 0) is 21.7 Å². The number of fused-ring (bicyclic) bond motifs is 1. The van der Waals surface area contributed by atoms with Gasteiger partial charge in [-0.25, -0.2) is 0 Å². The van der Waals surface area contributed by atoms with E-state index in [1.54, 1.807) is 0 Å². The molecule has 6 rings (SSSR count). The molecule has 0 radical (unpaired) electrons. The van der Waals surface area contributed by atoms with E-state index in [1.807, 2.05) is 24.3 Å². The molecule has 0 fully saturated rings. The molecule has 51 heavy (non-hydrogen) atoms. The fraction of sp³-hybridized carbons (Fsp3) is 0.348. The summed E-state index contributed by atoms with van der Waals surface area (Å²) in [5.41, 5.74) is 11.7. The van der Waals surface area contributed by atoms with Gasteiger partial charge in [-0.2, -0.15) is 0 Å². The average molecular weight is 783 g/mol. The minimum absolute atomic E-state index is 0.0164. The van der Waals surface area contributed by atoms with Crippen molar-refractivity contribution in [3.63, 3.8) is 0 Å². The molecule has 0 saturated carbocycles. The van der Waals surface area contributed by atoms with Gasteiger partial charge in [-0.3, -0.25) is 0 Å². The van der Waals surface area contributed by atoms with E-state index in [2.05, 4.69) is 174 Å². The van der Waals surface area contributed by atoms with Gasteiger partial charge in [0.05, 0.1) is 15.8 Å². The van der Waals surface area contributed by atoms with Crippen LogP contribution in [0.3, 0.4) is 0 Å². The van der Waals surface area contributed by atoms with Crippen molar-refractivity contribution in [3.05, 3.63) is 140 Å². The molecule has 0 N–H and O–H groups in total. The molecule has 0 atom stereocenters. The van der Waals surface area contributed by atoms with Gasteiger partial charge in [-0.1, -0.05) is 111 Å². The largest absolute Gasteiger partial charge is 0.309 e. The normalized spacial score (nSPS) is 15.3. The number of halogens is 3. The van der Waals surface area contributed by atoms with E-state index < -0.39 is 0 Å². The van der Waals surface area contributed by atoms with Gasteiger partial charge in [0.15, 0.2) is 0 Å². The minimum atomic E-state index is -0.142. The van der Waals surface area contributed by atoms with Gasteiger partial charge in [-0.05, 0) is 158 Å². The molecule has 1 aliphatic rings. The second-order valence-electron chi connectivity index (χ2n) is 17.5. The van der Waals surface area contributed by atoms with E-state index in [9.17, 15) is 0 Å². The van der Waals surface area contributed by atoms with Crippen molar-refractivity contribution in [2.24, 2.45) is 0 Å². The monoisotopic (exact) mass is 780 g/mol. The second kappa shape index (κ2) is 13.6. The Morgan fingerprint density at radius 2 is 0.941 bits per heavy atom. The van der Waals surface area contributed by atoms with E-state index in [-0.39, 0.29) is 21.7 Å². The summed E-state index contributed by atoms with van der Waals surface area (Å²) in [4.78, 5) is 4.75. The molecule has 0 unspecified atom stereocenters. The summed E-state index contributed by atoms with van der Waals surface area (Å²) in [6.45, 7) is 23.2. The summed E-state index contributed by atoms with van der Waals surface area (Å²) in [6, 6.07) is 37.0. The Bertz CT molecular complexity index is 2050. The molecule has 0 amide bonds. The van der Waals surface area contributed by atoms with Gasteiger partial charge in [0.2, 0.25) is 0 Å². The van der Waals surface area contributed by atoms with Gasteiger partial charge < -0.3 is 9.80 Å². The quantitative estimate of drug-likeness (QED) is 0.169. The van der Waals surface area contributed by atoms with E-state index >= 15 is 0 Å². The lowest BCUT2D eigenvalue weighted by atomic mass is 9.63. The van der Waals surface area contributed by atoms with Crippen LogP contribution in [0.5, 0.6) is 0 Å². The second-order valence-corrected chi connectivity index (χ2v) is 19.2. The van der Waals surface area contributed by atoms with Crippen LogP contribution in [0.25, 0.3) is 0 Å². The molecule has 2 nitrogen and oxygen atoms in total. The molecular formula is C46H51BrCl2N2. The highest BCUT2D eigenvalue weighted by molar-refractivity contribution is 9.10. The lowest BCUT2D eigenvalue weighted by molar-refractivity contribution is 0.332. The Morgan fingerprint density at radius 1 is 0.510 bits per heavy atom. The van der Waals surface area contributed by atoms with Gasteiger partial charge in [-0.15, -0.1) is 0 Å². The van der Waals surface area contributed by atoms with Gasteiger partial charge in [0.25, 0.3) is 0 Å². The highest BCUT2D eigenvalue weighted by Gasteiger charge is 2.38. The lowest BCUT2D eigenvalue weighted by Gasteiger charge is -2.42. The van der Waals surface area contributed by atoms with Crippen molar-refractivity contribution in [2.45, 2.75) is 104 Å². The Labute approximate surface area is 324 Å². The Hall–Kier alpha value is -3.24. The maximum absolute atomic E-state index is 6.50. The van der Waals surface area contributed by atoms with Crippen LogP contribution < -0.4 is 9.80 Å². The highest BCUT2D eigenvalue weighted by Crippen LogP contribution is 2.52. The molecule has 5 aromatic rings. The molecule has 5 heteroatoms. The summed E-state index contributed by atoms with van der Waals surface area (Å²) in [5.74, 6) is 0. The Kier molecular flexibility index (Phi) is 10.0. The van der Waals surface area contributed by atoms with E-state index in [0.717, 1.165) is 45.0 Å². The molecule has 0 aliphatic heterocycles. The van der Waals surface area contributed by atoms with Gasteiger partial charge in [0, 0.05) is 32.8 Å². The Morgan fingerprint density at radius 3 is 1.41 bits per heavy atom. The van der Waals surface area contributed by atoms with Crippen LogP contribution >= 0.6 is 39.1 Å². The maximum Gasteiger partial charge on any atom is 0.0657 e. The molecule has 5 aromatic carbocycles. The number of anilines is 6. The molecule has 0 spiro atoms. The summed E-state index contributed by atoms with van der Waals surface area (Å²) in [7, 11) is 0. The predicted molar refractivity (Wildman–Crippen MR) is 226 cm³/mol. The fourth-order valence-electron chi connectivity index (χ4n) is 7.21. The molecule has 0 heterocycles. The van der Waals surface area contributed by atoms with Crippen molar-refractivity contribution >= 4 is 73.3 Å². The fourth-order valence-corrected chi connectivity index (χ4v) is 8.05. The smallest absolute Gasteiger partial charge is 0.0657 e. The topological polar surface area (TPSA) is 6.48 Å². The van der Waals surface area contributed by atoms with Crippen LogP contribution in [0.1, 0.15) is 104 Å². The predicted octanol–water partition coefficient (Wildman–Crippen LogP) is 15.6. The molecule has 0 bridgehead atoms. The third kappa shape index (κ3) is 7.64. The number of benzene rings is 5. The summed E-state index contributed by atoms with van der Waals surface area (Å²) < 4.78 is 0.985. The van der Waals surface area contributed by atoms with Crippen LogP contribution in [0.15, 0.2) is 108 Å². The third-order valence-corrected chi connectivity index (χ3v) is 11.9. The maximum atomic E-state index is 6.50. The standard InChI is InChI=1S/C46H51BrCl2N2/c1-43(2,3)30-12-11-13-36(26-30)50(34-18-14-32(48)15-19-34)40-27-31(44(4,5)6)28-41(42(40)47)51(35-20-16-33(49)17-21-35)37-22-23-38-39(29-37)46(9,10)25-24-45(38,7)8/h11-23,26-29H,24-25H2,1-10H3. The zero-order chi connectivity index (χ0) is 37.1. The molecular weight excluding hydrogens is 731 g/mol. The van der Waals surface area contributed by atoms with Gasteiger partial charge >= 0.3 is 0 Å². The SMILES string of the molecule is CC(C)(C)c1cccc(N(c2ccc(Cl)cc2)c2cc(C(C)(C)C)cc(N(c3ccc(Cl)cc3)c3ccc4c(c3)C(C)(C)CCC4(C)C)c2Br)c1. The molecule has 266 valence electrons. The van der Waals surface area contributed by atoms with Crippen molar-refractivity contribution < 1.29 is 0 Å². The summed E-state index contributed by atoms with van der Waals surface area (Å²) >= 11 is 17.2. The van der Waals surface area contributed by atoms with Crippen molar-refractivity contribution in [1.29, 1.82) is 0 Å². The van der Waals surface area contributed by atoms with Crippen LogP contribution in [0.4, 0.5) is 34.1 Å². The zero-order valence-corrected chi connectivity index (χ0v) is 34.9. The summed E-state index contributed by atoms with van der Waals surface area (Å²) in [5, 5.41) is 1.42. The van der Waals surface area contributed by atoms with Crippen molar-refractivity contribution in [1.82, 2.24) is 0 Å². The minimum Gasteiger partial charge on any atom is -0.309 e. The average Bonchev–Trinajstić information content (AvgIpc) is 3.06. The van der Waals surface area contributed by atoms with Crippen molar-refractivity contribution in [3.8, 4) is 0 Å². The van der Waals surface area contributed by atoms with E-state index in [0.29, 0.717) is 10.0 Å². The van der Waals surface area contributed by atoms with Crippen LogP contribution in [0, 0.1) is 0 Å². The molecule has 0 aromatic heterocycles. The van der Waals surface area contributed by atoms with Crippen molar-refractivity contribution in [2.75, 3.05) is 9.80 Å². The molecule has 0 saturated heterocycles. The summed E-state index contributed by atoms with van der Waals surface area (Å²) in [6.07, 6.45) is 2.32. The first-order valence-corrected chi connectivity index (χ1v) is 19.5. The number of hydrogen-bond acceptors (Lipinski definition) is 2. The Balaban J connectivity index is 1.67. The first kappa shape index (κ1) is 37.5. The van der Waals surface area contributed by atoms with Crippen LogP contribution in [0.2, 0.25) is 10.0 Å². The third-order valence-electron chi connectivity index (χ3n) is 10.6. The number of hydrogen-bond donors (Lipinski definition) is 0.